The average Bonchev–Trinajstić information content (AvgIpc) is 2.76. The van der Waals surface area contributed by atoms with E-state index in [1.54, 1.807) is 16.5 Å². The highest BCUT2D eigenvalue weighted by Gasteiger charge is 2.18. The van der Waals surface area contributed by atoms with Gasteiger partial charge in [0.05, 0.1) is 10.9 Å². The van der Waals surface area contributed by atoms with Gasteiger partial charge in [0.15, 0.2) is 3.95 Å². The number of H-pyrrole nitrogens is 1. The zero-order valence-electron chi connectivity index (χ0n) is 11.5. The van der Waals surface area contributed by atoms with Crippen LogP contribution < -0.4 is 10.9 Å². The van der Waals surface area contributed by atoms with Crippen molar-refractivity contribution in [2.75, 3.05) is 0 Å². The van der Waals surface area contributed by atoms with Crippen LogP contribution in [-0.4, -0.2) is 21.3 Å². The third-order valence-corrected chi connectivity index (χ3v) is 4.43. The number of thiazole rings is 1. The first-order valence-corrected chi connectivity index (χ1v) is 7.69. The molecule has 0 spiro atoms. The maximum atomic E-state index is 12.2. The largest absolute Gasteiger partial charge is 0.349 e. The number of nitrogens with one attached hydrogen (secondary N) is 2. The van der Waals surface area contributed by atoms with E-state index in [0.29, 0.717) is 25.4 Å². The highest BCUT2D eigenvalue weighted by molar-refractivity contribution is 7.73. The molecule has 0 aliphatic carbocycles. The van der Waals surface area contributed by atoms with Gasteiger partial charge in [0, 0.05) is 6.04 Å². The van der Waals surface area contributed by atoms with Gasteiger partial charge in [-0.15, -0.1) is 0 Å². The molecule has 0 bridgehead atoms. The third kappa shape index (κ3) is 2.28. The van der Waals surface area contributed by atoms with Gasteiger partial charge in [-0.05, 0) is 38.2 Å². The SMILES string of the molecule is CC(C)NC(=O)c1sc(=S)n2c1[nH]c(=O)c1ccccc12. The Bertz CT molecular complexity index is 966. The van der Waals surface area contributed by atoms with Crippen LogP contribution in [0, 0.1) is 3.95 Å². The number of nitrogens with zero attached hydrogens (tertiary/aromatic N) is 1. The number of amides is 1. The van der Waals surface area contributed by atoms with Gasteiger partial charge >= 0.3 is 0 Å². The van der Waals surface area contributed by atoms with Crippen molar-refractivity contribution < 1.29 is 4.79 Å². The zero-order chi connectivity index (χ0) is 15.1. The lowest BCUT2D eigenvalue weighted by Crippen LogP contribution is -2.30. The number of carbonyl (C=O) groups is 1. The first kappa shape index (κ1) is 14.0. The Labute approximate surface area is 129 Å². The lowest BCUT2D eigenvalue weighted by molar-refractivity contribution is 0.0948. The second kappa shape index (κ2) is 5.09. The molecule has 108 valence electrons. The Hall–Kier alpha value is -1.99. The quantitative estimate of drug-likeness (QED) is 0.714. The first-order valence-electron chi connectivity index (χ1n) is 6.46. The van der Waals surface area contributed by atoms with E-state index < -0.39 is 0 Å². The van der Waals surface area contributed by atoms with Crippen molar-refractivity contribution in [3.05, 3.63) is 43.5 Å². The number of hydrogen-bond acceptors (Lipinski definition) is 4. The fourth-order valence-electron chi connectivity index (χ4n) is 2.22. The summed E-state index contributed by atoms with van der Waals surface area (Å²) < 4.78 is 2.28. The summed E-state index contributed by atoms with van der Waals surface area (Å²) in [5.41, 5.74) is 0.935. The van der Waals surface area contributed by atoms with E-state index in [9.17, 15) is 9.59 Å². The van der Waals surface area contributed by atoms with Gasteiger partial charge in [0.1, 0.15) is 10.5 Å². The molecule has 3 rings (SSSR count). The average molecular weight is 319 g/mol. The van der Waals surface area contributed by atoms with Crippen LogP contribution in [0.1, 0.15) is 23.5 Å². The summed E-state index contributed by atoms with van der Waals surface area (Å²) in [4.78, 5) is 27.6. The number of fused-ring (bicyclic) bond motifs is 3. The van der Waals surface area contributed by atoms with E-state index in [-0.39, 0.29) is 17.5 Å². The number of carbonyl (C=O) groups excluding carboxylic acids is 1. The minimum Gasteiger partial charge on any atom is -0.349 e. The van der Waals surface area contributed by atoms with E-state index in [1.165, 1.54) is 11.3 Å². The van der Waals surface area contributed by atoms with Crippen molar-refractivity contribution in [2.45, 2.75) is 19.9 Å². The normalized spacial score (nSPS) is 11.4. The van der Waals surface area contributed by atoms with Gasteiger partial charge in [-0.1, -0.05) is 23.5 Å². The number of rotatable bonds is 2. The highest BCUT2D eigenvalue weighted by Crippen LogP contribution is 2.22. The maximum Gasteiger partial charge on any atom is 0.265 e. The van der Waals surface area contributed by atoms with E-state index in [4.69, 9.17) is 12.2 Å². The predicted octanol–water partition coefficient (Wildman–Crippen LogP) is 2.71. The van der Waals surface area contributed by atoms with Crippen molar-refractivity contribution >= 4 is 46.0 Å². The molecule has 0 saturated heterocycles. The van der Waals surface area contributed by atoms with Crippen LogP contribution in [0.4, 0.5) is 0 Å². The Balaban J connectivity index is 2.39. The Kier molecular flexibility index (Phi) is 3.38. The number of benzene rings is 1. The maximum absolute atomic E-state index is 12.2. The van der Waals surface area contributed by atoms with Crippen LogP contribution in [-0.2, 0) is 0 Å². The molecule has 0 aliphatic rings. The fourth-order valence-corrected chi connectivity index (χ4v) is 3.51. The van der Waals surface area contributed by atoms with Crippen molar-refractivity contribution in [2.24, 2.45) is 0 Å². The summed E-state index contributed by atoms with van der Waals surface area (Å²) in [6.07, 6.45) is 0. The van der Waals surface area contributed by atoms with Crippen LogP contribution in [0.3, 0.4) is 0 Å². The summed E-state index contributed by atoms with van der Waals surface area (Å²) in [7, 11) is 0. The lowest BCUT2D eigenvalue weighted by atomic mass is 10.2. The number of aromatic amines is 1. The Morgan fingerprint density at radius 1 is 1.38 bits per heavy atom. The molecule has 5 nitrogen and oxygen atoms in total. The van der Waals surface area contributed by atoms with E-state index >= 15 is 0 Å². The molecule has 7 heteroatoms. The van der Waals surface area contributed by atoms with Gasteiger partial charge in [0.2, 0.25) is 0 Å². The van der Waals surface area contributed by atoms with E-state index in [1.807, 2.05) is 26.0 Å². The van der Waals surface area contributed by atoms with Crippen LogP contribution in [0.5, 0.6) is 0 Å². The molecular formula is C14H13N3O2S2. The first-order chi connectivity index (χ1) is 9.99. The topological polar surface area (TPSA) is 66.4 Å². The van der Waals surface area contributed by atoms with E-state index in [2.05, 4.69) is 10.3 Å². The minimum absolute atomic E-state index is 0.0143. The molecule has 0 radical (unpaired) electrons. The van der Waals surface area contributed by atoms with Crippen molar-refractivity contribution in [3.8, 4) is 0 Å². The summed E-state index contributed by atoms with van der Waals surface area (Å²) in [6, 6.07) is 7.21. The second-order valence-electron chi connectivity index (χ2n) is 4.98. The zero-order valence-corrected chi connectivity index (χ0v) is 13.1. The predicted molar refractivity (Wildman–Crippen MR) is 86.8 cm³/mol. The summed E-state index contributed by atoms with van der Waals surface area (Å²) in [5.74, 6) is -0.227. The Morgan fingerprint density at radius 2 is 2.10 bits per heavy atom. The molecule has 1 amide bonds. The number of para-hydroxylation sites is 1. The standard InChI is InChI=1S/C14H13N3O2S2/c1-7(2)15-13(19)10-11-16-12(18)8-5-3-4-6-9(8)17(11)14(20)21-10/h3-7H,1-2H3,(H,15,19)(H,16,18). The number of aromatic nitrogens is 2. The smallest absolute Gasteiger partial charge is 0.265 e. The molecule has 2 N–H and O–H groups in total. The fraction of sp³-hybridized carbons (Fsp3) is 0.214. The van der Waals surface area contributed by atoms with Crippen LogP contribution in [0.15, 0.2) is 29.1 Å². The molecule has 0 aliphatic heterocycles. The summed E-state index contributed by atoms with van der Waals surface area (Å²) >= 11 is 6.55. The number of hydrogen-bond donors (Lipinski definition) is 2. The molecule has 3 aromatic rings. The molecule has 21 heavy (non-hydrogen) atoms. The van der Waals surface area contributed by atoms with Crippen LogP contribution in [0.2, 0.25) is 0 Å². The van der Waals surface area contributed by atoms with Gasteiger partial charge in [-0.3, -0.25) is 14.0 Å². The van der Waals surface area contributed by atoms with Gasteiger partial charge < -0.3 is 10.3 Å². The molecule has 2 heterocycles. The van der Waals surface area contributed by atoms with Gasteiger partial charge in [-0.25, -0.2) is 0 Å². The van der Waals surface area contributed by atoms with Crippen molar-refractivity contribution in [3.63, 3.8) is 0 Å². The van der Waals surface area contributed by atoms with Gasteiger partial charge in [0.25, 0.3) is 11.5 Å². The highest BCUT2D eigenvalue weighted by atomic mass is 32.1. The minimum atomic E-state index is -0.227. The van der Waals surface area contributed by atoms with Crippen molar-refractivity contribution in [1.29, 1.82) is 0 Å². The van der Waals surface area contributed by atoms with Crippen molar-refractivity contribution in [1.82, 2.24) is 14.7 Å². The summed E-state index contributed by atoms with van der Waals surface area (Å²) in [6.45, 7) is 3.77. The molecule has 0 saturated carbocycles. The molecule has 1 aromatic carbocycles. The lowest BCUT2D eigenvalue weighted by Gasteiger charge is -2.07. The van der Waals surface area contributed by atoms with Crippen LogP contribution in [0.25, 0.3) is 16.6 Å². The van der Waals surface area contributed by atoms with Gasteiger partial charge in [-0.2, -0.15) is 0 Å². The van der Waals surface area contributed by atoms with E-state index in [0.717, 1.165) is 0 Å². The molecule has 0 unspecified atom stereocenters. The molecule has 0 fully saturated rings. The third-order valence-electron chi connectivity index (χ3n) is 3.06. The second-order valence-corrected chi connectivity index (χ2v) is 6.62. The molecule has 2 aromatic heterocycles. The summed E-state index contributed by atoms with van der Waals surface area (Å²) in [5, 5.41) is 3.37. The Morgan fingerprint density at radius 3 is 2.81 bits per heavy atom. The molecule has 0 atom stereocenters. The monoisotopic (exact) mass is 319 g/mol. The van der Waals surface area contributed by atoms with Crippen LogP contribution >= 0.6 is 23.6 Å². The molecular weight excluding hydrogens is 306 g/mol.